The number of likely N-dealkylation sites (N-methyl/N-ethyl adjacent to an activating group) is 1. The van der Waals surface area contributed by atoms with E-state index in [1.165, 1.54) is 19.3 Å². The Balaban J connectivity index is 2.33. The molecule has 0 amide bonds. The highest BCUT2D eigenvalue weighted by Gasteiger charge is 2.25. The molecule has 0 radical (unpaired) electrons. The molecule has 1 aliphatic heterocycles. The molecule has 1 heterocycles. The van der Waals surface area contributed by atoms with Crippen LogP contribution >= 0.6 is 0 Å². The summed E-state index contributed by atoms with van der Waals surface area (Å²) in [4.78, 5) is 2.45. The Morgan fingerprint density at radius 3 is 2.47 bits per heavy atom. The van der Waals surface area contributed by atoms with Gasteiger partial charge in [0.1, 0.15) is 0 Å². The van der Waals surface area contributed by atoms with Gasteiger partial charge in [-0.3, -0.25) is 4.90 Å². The Morgan fingerprint density at radius 2 is 1.93 bits per heavy atom. The Morgan fingerprint density at radius 1 is 1.33 bits per heavy atom. The van der Waals surface area contributed by atoms with Gasteiger partial charge in [0, 0.05) is 25.2 Å². The maximum atomic E-state index is 9.86. The predicted molar refractivity (Wildman–Crippen MR) is 64.0 cm³/mol. The maximum absolute atomic E-state index is 9.86. The van der Waals surface area contributed by atoms with Gasteiger partial charge in [0.05, 0.1) is 6.10 Å². The van der Waals surface area contributed by atoms with Crippen LogP contribution < -0.4 is 5.32 Å². The Bertz CT molecular complexity index is 165. The van der Waals surface area contributed by atoms with Crippen molar-refractivity contribution in [1.82, 2.24) is 10.2 Å². The van der Waals surface area contributed by atoms with E-state index in [2.05, 4.69) is 31.0 Å². The monoisotopic (exact) mass is 214 g/mol. The lowest BCUT2D eigenvalue weighted by Crippen LogP contribution is -2.49. The minimum absolute atomic E-state index is 0.229. The van der Waals surface area contributed by atoms with Gasteiger partial charge in [-0.2, -0.15) is 0 Å². The number of hydrogen-bond acceptors (Lipinski definition) is 3. The molecule has 0 aromatic carbocycles. The van der Waals surface area contributed by atoms with Crippen LogP contribution in [0.15, 0.2) is 0 Å². The fourth-order valence-electron chi connectivity index (χ4n) is 2.45. The van der Waals surface area contributed by atoms with E-state index in [1.807, 2.05) is 0 Å². The second-order valence-electron chi connectivity index (χ2n) is 4.79. The van der Waals surface area contributed by atoms with Crippen LogP contribution in [0.2, 0.25) is 0 Å². The van der Waals surface area contributed by atoms with Crippen LogP contribution in [0.4, 0.5) is 0 Å². The predicted octanol–water partition coefficient (Wildman–Crippen LogP) is 1.22. The third-order valence-electron chi connectivity index (χ3n) is 3.43. The number of likely N-dealkylation sites (tertiary alicyclic amines) is 1. The number of β-amino-alcohol motifs (C(OH)–C–C–N with tert-alkyl or cyclic N) is 1. The Kier molecular flexibility index (Phi) is 5.58. The van der Waals surface area contributed by atoms with E-state index >= 15 is 0 Å². The molecule has 3 atom stereocenters. The number of rotatable bonds is 5. The van der Waals surface area contributed by atoms with Gasteiger partial charge in [-0.25, -0.2) is 0 Å². The van der Waals surface area contributed by atoms with Gasteiger partial charge in [0.2, 0.25) is 0 Å². The number of aliphatic hydroxyl groups excluding tert-OH is 1. The molecule has 0 saturated carbocycles. The average molecular weight is 214 g/mol. The molecule has 1 saturated heterocycles. The van der Waals surface area contributed by atoms with Gasteiger partial charge in [-0.1, -0.05) is 13.3 Å². The van der Waals surface area contributed by atoms with Crippen LogP contribution in [-0.2, 0) is 0 Å². The summed E-state index contributed by atoms with van der Waals surface area (Å²) < 4.78 is 0. The van der Waals surface area contributed by atoms with Crippen molar-refractivity contribution < 1.29 is 5.11 Å². The topological polar surface area (TPSA) is 35.5 Å². The second kappa shape index (κ2) is 6.46. The van der Waals surface area contributed by atoms with Crippen LogP contribution in [0.5, 0.6) is 0 Å². The fourth-order valence-corrected chi connectivity index (χ4v) is 2.45. The lowest BCUT2D eigenvalue weighted by atomic mass is 9.97. The van der Waals surface area contributed by atoms with E-state index in [0.717, 1.165) is 13.1 Å². The first kappa shape index (κ1) is 12.9. The SMILES string of the molecule is CCNCC(O)CN1[C@H](C)CCC[C@@H]1C. The molecule has 2 N–H and O–H groups in total. The van der Waals surface area contributed by atoms with Crippen molar-refractivity contribution in [3.05, 3.63) is 0 Å². The number of aliphatic hydroxyl groups is 1. The summed E-state index contributed by atoms with van der Waals surface area (Å²) in [6, 6.07) is 1.26. The molecule has 1 aliphatic rings. The minimum Gasteiger partial charge on any atom is -0.390 e. The first-order valence-corrected chi connectivity index (χ1v) is 6.29. The van der Waals surface area contributed by atoms with Crippen LogP contribution in [0.3, 0.4) is 0 Å². The molecule has 0 bridgehead atoms. The molecule has 0 spiro atoms. The first-order valence-electron chi connectivity index (χ1n) is 6.29. The second-order valence-corrected chi connectivity index (χ2v) is 4.79. The standard InChI is InChI=1S/C12H26N2O/c1-4-13-8-12(15)9-14-10(2)6-5-7-11(14)3/h10-13,15H,4-9H2,1-3H3/t10-,11+,12?. The number of hydrogen-bond donors (Lipinski definition) is 2. The summed E-state index contributed by atoms with van der Waals surface area (Å²) in [6.45, 7) is 9.08. The van der Waals surface area contributed by atoms with Crippen LogP contribution in [0, 0.1) is 0 Å². The fraction of sp³-hybridized carbons (Fsp3) is 1.00. The molecule has 1 fully saturated rings. The van der Waals surface area contributed by atoms with Crippen molar-refractivity contribution in [2.24, 2.45) is 0 Å². The average Bonchev–Trinajstić information content (AvgIpc) is 2.21. The zero-order chi connectivity index (χ0) is 11.3. The zero-order valence-corrected chi connectivity index (χ0v) is 10.4. The van der Waals surface area contributed by atoms with Crippen molar-refractivity contribution in [1.29, 1.82) is 0 Å². The van der Waals surface area contributed by atoms with Crippen molar-refractivity contribution in [3.8, 4) is 0 Å². The summed E-state index contributed by atoms with van der Waals surface area (Å²) in [5.41, 5.74) is 0. The third kappa shape index (κ3) is 4.09. The highest BCUT2D eigenvalue weighted by molar-refractivity contribution is 4.81. The van der Waals surface area contributed by atoms with Crippen molar-refractivity contribution in [2.75, 3.05) is 19.6 Å². The lowest BCUT2D eigenvalue weighted by molar-refractivity contribution is 0.0420. The Hall–Kier alpha value is -0.120. The summed E-state index contributed by atoms with van der Waals surface area (Å²) in [5.74, 6) is 0. The van der Waals surface area contributed by atoms with Crippen molar-refractivity contribution >= 4 is 0 Å². The van der Waals surface area contributed by atoms with E-state index in [1.54, 1.807) is 0 Å². The number of nitrogens with zero attached hydrogens (tertiary/aromatic N) is 1. The van der Waals surface area contributed by atoms with E-state index in [4.69, 9.17) is 0 Å². The molecule has 3 heteroatoms. The Labute approximate surface area is 93.9 Å². The molecular weight excluding hydrogens is 188 g/mol. The molecule has 15 heavy (non-hydrogen) atoms. The van der Waals surface area contributed by atoms with Gasteiger partial charge in [-0.05, 0) is 33.2 Å². The molecule has 0 aliphatic carbocycles. The molecule has 1 unspecified atom stereocenters. The van der Waals surface area contributed by atoms with Gasteiger partial charge in [0.25, 0.3) is 0 Å². The molecular formula is C12H26N2O. The van der Waals surface area contributed by atoms with Gasteiger partial charge < -0.3 is 10.4 Å². The summed E-state index contributed by atoms with van der Waals surface area (Å²) in [6.07, 6.45) is 3.66. The highest BCUT2D eigenvalue weighted by atomic mass is 16.3. The molecule has 3 nitrogen and oxygen atoms in total. The summed E-state index contributed by atoms with van der Waals surface area (Å²) in [7, 11) is 0. The smallest absolute Gasteiger partial charge is 0.0791 e. The van der Waals surface area contributed by atoms with Crippen LogP contribution in [0.25, 0.3) is 0 Å². The summed E-state index contributed by atoms with van der Waals surface area (Å²) >= 11 is 0. The van der Waals surface area contributed by atoms with Crippen LogP contribution in [-0.4, -0.2) is 47.8 Å². The summed E-state index contributed by atoms with van der Waals surface area (Å²) in [5, 5.41) is 13.1. The highest BCUT2D eigenvalue weighted by Crippen LogP contribution is 2.22. The number of piperidine rings is 1. The largest absolute Gasteiger partial charge is 0.390 e. The number of nitrogens with one attached hydrogen (secondary N) is 1. The normalized spacial score (nSPS) is 30.4. The van der Waals surface area contributed by atoms with E-state index in [-0.39, 0.29) is 6.10 Å². The molecule has 0 aromatic rings. The van der Waals surface area contributed by atoms with E-state index < -0.39 is 0 Å². The van der Waals surface area contributed by atoms with Crippen molar-refractivity contribution in [2.45, 2.75) is 58.2 Å². The van der Waals surface area contributed by atoms with Gasteiger partial charge >= 0.3 is 0 Å². The first-order chi connectivity index (χ1) is 7.15. The lowest BCUT2D eigenvalue weighted by Gasteiger charge is -2.40. The third-order valence-corrected chi connectivity index (χ3v) is 3.43. The zero-order valence-electron chi connectivity index (χ0n) is 10.4. The van der Waals surface area contributed by atoms with E-state index in [9.17, 15) is 5.11 Å². The molecule has 1 rings (SSSR count). The van der Waals surface area contributed by atoms with Gasteiger partial charge in [0.15, 0.2) is 0 Å². The van der Waals surface area contributed by atoms with Crippen LogP contribution in [0.1, 0.15) is 40.0 Å². The van der Waals surface area contributed by atoms with Crippen molar-refractivity contribution in [3.63, 3.8) is 0 Å². The molecule has 0 aromatic heterocycles. The maximum Gasteiger partial charge on any atom is 0.0791 e. The van der Waals surface area contributed by atoms with Gasteiger partial charge in [-0.15, -0.1) is 0 Å². The van der Waals surface area contributed by atoms with E-state index in [0.29, 0.717) is 18.6 Å². The molecule has 90 valence electrons. The minimum atomic E-state index is -0.229. The quantitative estimate of drug-likeness (QED) is 0.722.